The van der Waals surface area contributed by atoms with Crippen molar-refractivity contribution in [3.05, 3.63) is 54.1 Å². The lowest BCUT2D eigenvalue weighted by molar-refractivity contribution is -0.274. The van der Waals surface area contributed by atoms with Gasteiger partial charge in [-0.25, -0.2) is 13.2 Å². The van der Waals surface area contributed by atoms with E-state index in [0.29, 0.717) is 24.3 Å². The lowest BCUT2D eigenvalue weighted by atomic mass is 10.0. The number of hydrogen-bond acceptors (Lipinski definition) is 9. The number of hydrogen-bond donors (Lipinski definition) is 2. The Bertz CT molecular complexity index is 2100. The maximum Gasteiger partial charge on any atom is 0.573 e. The Labute approximate surface area is 293 Å². The van der Waals surface area contributed by atoms with Crippen molar-refractivity contribution in [1.29, 1.82) is 0 Å². The number of benzene rings is 2. The second-order valence-corrected chi connectivity index (χ2v) is 11.6. The largest absolute Gasteiger partial charge is 0.573 e. The molecule has 0 spiro atoms. The van der Waals surface area contributed by atoms with Crippen LogP contribution < -0.4 is 14.8 Å². The molecule has 11 nitrogen and oxygen atoms in total. The summed E-state index contributed by atoms with van der Waals surface area (Å²) in [4.78, 5) is 12.4. The molecule has 0 bridgehead atoms. The topological polar surface area (TPSA) is 133 Å². The van der Waals surface area contributed by atoms with Crippen molar-refractivity contribution in [2.75, 3.05) is 26.2 Å². The number of aliphatic hydroxyl groups is 1. The lowest BCUT2D eigenvalue weighted by Crippen LogP contribution is -2.51. The molecule has 0 radical (unpaired) electrons. The van der Waals surface area contributed by atoms with Gasteiger partial charge in [0.15, 0.2) is 6.29 Å². The molecule has 4 rings (SSSR count). The minimum atomic E-state index is -5.79. The number of nitrogens with one attached hydrogen (secondary N) is 1. The maximum atomic E-state index is 14.3. The molecule has 2 heterocycles. The average Bonchev–Trinajstić information content (AvgIpc) is 3.65. The van der Waals surface area contributed by atoms with Crippen molar-refractivity contribution >= 4 is 16.1 Å². The Balaban J connectivity index is 1.84. The van der Waals surface area contributed by atoms with E-state index in [9.17, 15) is 31.5 Å². The number of sulfonamides is 1. The molecule has 2 aromatic carbocycles. The molecule has 2 N–H and O–H groups in total. The molecule has 0 aliphatic carbocycles. The SMILES string of the molecule is [2H]C([2H])([2H])C([2H])(Oc1ccc(C[C@H](NC(=O)O[C@]2([2H])[C@@H]3CCO[C@@H]3OC2([2H])[2H])[C@H](O)CN(C([2H])([2H])C([2H])(C([2H])([2H])[2H])C([2H])([2H])[2H])S(=O)(=O)c2ccc(OC(F)(F)F)cc2)cc1)C([2H])([2H])[2H]. The molecule has 0 saturated carbocycles. The maximum absolute atomic E-state index is 14.3. The summed E-state index contributed by atoms with van der Waals surface area (Å²) in [6, 6.07) is 3.60. The summed E-state index contributed by atoms with van der Waals surface area (Å²) in [6.45, 7) is -24.8. The van der Waals surface area contributed by atoms with Gasteiger partial charge in [0.25, 0.3) is 0 Å². The number of rotatable bonds is 14. The molecule has 5 atom stereocenters. The zero-order valence-electron chi connectivity index (χ0n) is 42.5. The Hall–Kier alpha value is -3.11. The molecule has 2 fully saturated rings. The summed E-state index contributed by atoms with van der Waals surface area (Å²) in [5.41, 5.74) is -0.0677. The van der Waals surface area contributed by atoms with Crippen LogP contribution in [0.4, 0.5) is 18.0 Å². The van der Waals surface area contributed by atoms with Gasteiger partial charge in [-0.15, -0.1) is 13.2 Å². The van der Waals surface area contributed by atoms with Crippen LogP contribution in [0, 0.1) is 11.8 Å². The first kappa shape index (κ1) is 17.9. The molecular weight excluding hydrogens is 633 g/mol. The minimum absolute atomic E-state index is 0.0491. The highest BCUT2D eigenvalue weighted by Gasteiger charge is 2.44. The third-order valence-corrected chi connectivity index (χ3v) is 8.14. The van der Waals surface area contributed by atoms with E-state index in [0.717, 1.165) is 24.3 Å². The average molecular weight is 694 g/mol. The number of aliphatic hydroxyl groups excluding tert-OH is 1. The van der Waals surface area contributed by atoms with Gasteiger partial charge >= 0.3 is 12.5 Å². The van der Waals surface area contributed by atoms with Gasteiger partial charge in [-0.05, 0) is 74.4 Å². The summed E-state index contributed by atoms with van der Waals surface area (Å²) < 4.78 is 243. The van der Waals surface area contributed by atoms with Crippen LogP contribution in [-0.2, 0) is 30.7 Å². The Morgan fingerprint density at radius 1 is 1.17 bits per heavy atom. The molecule has 15 heteroatoms. The standard InChI is InChI=1S/C31H41F3N2O9S/c1-19(2)16-36(46(39,40)24-11-9-23(10-12-24)45-31(32,33)34)17-27(37)26(15-21-5-7-22(8-6-21)43-20(3)4)35-30(38)44-28-18-42-29-25(28)13-14-41-29/h5-12,19-20,25-29,37H,13-18H2,1-4H3,(H,35,38)/t25-,26-,27+,28-,29+/m0/s1/i1D3,2D3,3D3,4D3,16D2,18D2,19D,20D,28D. The molecule has 2 aromatic rings. The zero-order chi connectivity index (χ0) is 50.0. The third-order valence-electron chi connectivity index (χ3n) is 6.46. The summed E-state index contributed by atoms with van der Waals surface area (Å²) in [7, 11) is -5.79. The van der Waals surface area contributed by atoms with E-state index < -0.39 is 139 Å². The number of amides is 1. The van der Waals surface area contributed by atoms with Crippen LogP contribution in [0.5, 0.6) is 11.5 Å². The smallest absolute Gasteiger partial charge is 0.491 e. The van der Waals surface area contributed by atoms with Crippen LogP contribution in [0.15, 0.2) is 53.4 Å². The number of ether oxygens (including phenoxy) is 5. The second-order valence-electron chi connectivity index (χ2n) is 9.75. The number of nitrogens with zero attached hydrogens (tertiary/aromatic N) is 1. The van der Waals surface area contributed by atoms with Gasteiger partial charge in [-0.3, -0.25) is 0 Å². The highest BCUT2D eigenvalue weighted by Crippen LogP contribution is 2.33. The van der Waals surface area contributed by atoms with E-state index in [-0.39, 0.29) is 18.6 Å². The van der Waals surface area contributed by atoms with Crippen LogP contribution in [-0.4, -0.2) is 87.1 Å². The molecule has 0 unspecified atom stereocenters. The first-order valence-electron chi connectivity index (χ1n) is 22.7. The van der Waals surface area contributed by atoms with E-state index >= 15 is 0 Å². The number of carbonyl (C=O) groups excluding carboxylic acids is 1. The summed E-state index contributed by atoms with van der Waals surface area (Å²) >= 11 is 0. The second kappa shape index (κ2) is 15.2. The van der Waals surface area contributed by atoms with E-state index in [2.05, 4.69) is 10.1 Å². The summed E-state index contributed by atoms with van der Waals surface area (Å²) in [5, 5.41) is 13.9. The highest BCUT2D eigenvalue weighted by atomic mass is 32.2. The van der Waals surface area contributed by atoms with Crippen molar-refractivity contribution < 1.29 is 81.2 Å². The van der Waals surface area contributed by atoms with Crippen molar-refractivity contribution in [3.63, 3.8) is 0 Å². The summed E-state index contributed by atoms with van der Waals surface area (Å²) in [6.07, 6.45) is -18.1. The molecule has 46 heavy (non-hydrogen) atoms. The van der Waals surface area contributed by atoms with Crippen LogP contribution in [0.2, 0.25) is 0 Å². The van der Waals surface area contributed by atoms with Crippen LogP contribution in [0.25, 0.3) is 0 Å². The normalized spacial score (nSPS) is 32.0. The lowest BCUT2D eigenvalue weighted by Gasteiger charge is -2.31. The molecule has 1 amide bonds. The monoisotopic (exact) mass is 693 g/mol. The zero-order valence-corrected chi connectivity index (χ0v) is 24.3. The number of alkyl halides is 3. The van der Waals surface area contributed by atoms with Crippen molar-refractivity contribution in [1.82, 2.24) is 9.62 Å². The van der Waals surface area contributed by atoms with Gasteiger partial charge in [-0.1, -0.05) is 25.8 Å². The van der Waals surface area contributed by atoms with E-state index in [1.54, 1.807) is 0 Å². The first-order valence-corrected chi connectivity index (χ1v) is 14.6. The van der Waals surface area contributed by atoms with Crippen LogP contribution in [0.1, 0.15) is 65.4 Å². The Morgan fingerprint density at radius 2 is 1.87 bits per heavy atom. The Morgan fingerprint density at radius 3 is 2.52 bits per heavy atom. The van der Waals surface area contributed by atoms with Gasteiger partial charge < -0.3 is 34.1 Å². The first-order chi connectivity index (χ1) is 29.1. The number of carbonyl (C=O) groups is 1. The van der Waals surface area contributed by atoms with Gasteiger partial charge in [-0.2, -0.15) is 4.31 Å². The van der Waals surface area contributed by atoms with Crippen molar-refractivity contribution in [2.45, 2.75) is 82.1 Å². The predicted molar refractivity (Wildman–Crippen MR) is 160 cm³/mol. The Kier molecular flexibility index (Phi) is 5.90. The van der Waals surface area contributed by atoms with Crippen molar-refractivity contribution in [2.24, 2.45) is 11.8 Å². The molecule has 2 aliphatic rings. The summed E-state index contributed by atoms with van der Waals surface area (Å²) in [5.74, 6) is -7.18. The van der Waals surface area contributed by atoms with E-state index in [1.165, 1.54) is 0 Å². The molecule has 0 aromatic heterocycles. The fraction of sp³-hybridized carbons (Fsp3) is 0.581. The fourth-order valence-corrected chi connectivity index (χ4v) is 5.71. The van der Waals surface area contributed by atoms with Gasteiger partial charge in [0, 0.05) is 33.6 Å². The van der Waals surface area contributed by atoms with Gasteiger partial charge in [0.1, 0.15) is 17.6 Å². The quantitative estimate of drug-likeness (QED) is 0.294. The number of alkyl carbamates (subject to hydrolysis) is 1. The predicted octanol–water partition coefficient (Wildman–Crippen LogP) is 4.48. The molecule has 2 saturated heterocycles. The minimum Gasteiger partial charge on any atom is -0.491 e. The van der Waals surface area contributed by atoms with Crippen LogP contribution in [0.3, 0.4) is 0 Å². The number of fused-ring (bicyclic) bond motifs is 1. The van der Waals surface area contributed by atoms with Crippen LogP contribution >= 0.6 is 0 Å². The fourth-order valence-electron chi connectivity index (χ4n) is 4.42. The number of halogens is 3. The van der Waals surface area contributed by atoms with Gasteiger partial charge in [0.2, 0.25) is 10.0 Å². The molecule has 2 aliphatic heterocycles. The van der Waals surface area contributed by atoms with Gasteiger partial charge in [0.05, 0.1) is 47.7 Å². The molecule has 256 valence electrons. The third kappa shape index (κ3) is 9.94. The van der Waals surface area contributed by atoms with E-state index in [1.807, 2.05) is 0 Å². The molecular formula is C31H41F3N2O9S. The highest BCUT2D eigenvalue weighted by molar-refractivity contribution is 7.89. The van der Waals surface area contributed by atoms with Crippen molar-refractivity contribution in [3.8, 4) is 11.5 Å². The van der Waals surface area contributed by atoms with E-state index in [4.69, 9.17) is 45.0 Å².